The smallest absolute Gasteiger partial charge is 0.388 e. The molecule has 2 amide bonds. The van der Waals surface area contributed by atoms with Crippen LogP contribution in [-0.2, 0) is 21.4 Å². The van der Waals surface area contributed by atoms with Crippen molar-refractivity contribution in [1.29, 1.82) is 0 Å². The number of hydrogen-bond acceptors (Lipinski definition) is 5. The van der Waals surface area contributed by atoms with Crippen molar-refractivity contribution in [2.45, 2.75) is 45.1 Å². The number of aromatic amines is 2. The number of carbonyl (C=O) groups excluding carboxylic acids is 2. The van der Waals surface area contributed by atoms with E-state index in [1.807, 2.05) is 38.1 Å². The van der Waals surface area contributed by atoms with Crippen LogP contribution in [0.15, 0.2) is 47.4 Å². The molecule has 0 spiro atoms. The highest BCUT2D eigenvalue weighted by Gasteiger charge is 2.53. The lowest BCUT2D eigenvalue weighted by molar-refractivity contribution is -0.143. The highest BCUT2D eigenvalue weighted by molar-refractivity contribution is 6.02. The van der Waals surface area contributed by atoms with E-state index in [4.69, 9.17) is 0 Å². The van der Waals surface area contributed by atoms with Gasteiger partial charge in [-0.1, -0.05) is 38.1 Å². The first-order chi connectivity index (χ1) is 17.1. The molecule has 1 fully saturated rings. The van der Waals surface area contributed by atoms with Crippen molar-refractivity contribution in [3.05, 3.63) is 75.3 Å². The molecule has 190 valence electrons. The van der Waals surface area contributed by atoms with E-state index in [9.17, 15) is 23.2 Å². The summed E-state index contributed by atoms with van der Waals surface area (Å²) < 4.78 is 30.5. The Hall–Kier alpha value is -4.02. The van der Waals surface area contributed by atoms with Crippen molar-refractivity contribution in [2.24, 2.45) is 0 Å². The molecule has 1 aliphatic rings. The summed E-state index contributed by atoms with van der Waals surface area (Å²) in [6.07, 6.45) is 1.32. The van der Waals surface area contributed by atoms with Crippen LogP contribution in [0, 0.1) is 6.92 Å². The Morgan fingerprint density at radius 2 is 1.92 bits per heavy atom. The fourth-order valence-corrected chi connectivity index (χ4v) is 4.44. The molecular formula is C25H27F2N5O4. The maximum atomic E-state index is 13.8. The van der Waals surface area contributed by atoms with Crippen LogP contribution >= 0.6 is 0 Å². The molecular weight excluding hydrogens is 472 g/mol. The molecule has 3 aromatic rings. The minimum absolute atomic E-state index is 0.0101. The monoisotopic (exact) mass is 499 g/mol. The highest BCUT2D eigenvalue weighted by Crippen LogP contribution is 2.40. The van der Waals surface area contributed by atoms with Crippen LogP contribution in [0.5, 0.6) is 5.88 Å². The second kappa shape index (κ2) is 9.92. The van der Waals surface area contributed by atoms with E-state index in [2.05, 4.69) is 25.2 Å². The number of nitrogens with one attached hydrogen (secondary N) is 3. The van der Waals surface area contributed by atoms with Crippen molar-refractivity contribution in [3.8, 4) is 5.88 Å². The lowest BCUT2D eigenvalue weighted by atomic mass is 9.69. The number of anilines is 1. The number of halogens is 2. The van der Waals surface area contributed by atoms with E-state index in [1.165, 1.54) is 17.2 Å². The van der Waals surface area contributed by atoms with Gasteiger partial charge in [0.25, 0.3) is 5.56 Å². The van der Waals surface area contributed by atoms with Gasteiger partial charge in [-0.25, -0.2) is 4.98 Å². The summed E-state index contributed by atoms with van der Waals surface area (Å²) in [6.45, 7) is 2.64. The van der Waals surface area contributed by atoms with Gasteiger partial charge in [-0.05, 0) is 36.1 Å². The Morgan fingerprint density at radius 1 is 1.19 bits per heavy atom. The van der Waals surface area contributed by atoms with Crippen molar-refractivity contribution >= 4 is 17.5 Å². The third kappa shape index (κ3) is 4.86. The fourth-order valence-electron chi connectivity index (χ4n) is 4.44. The number of carbonyl (C=O) groups is 2. The first kappa shape index (κ1) is 25.1. The summed E-state index contributed by atoms with van der Waals surface area (Å²) in [7, 11) is 0. The molecule has 9 nitrogen and oxygen atoms in total. The number of benzene rings is 1. The minimum atomic E-state index is -3.11. The third-order valence-electron chi connectivity index (χ3n) is 6.32. The van der Waals surface area contributed by atoms with E-state index < -0.39 is 17.9 Å². The second-order valence-electron chi connectivity index (χ2n) is 9.16. The Bertz CT molecular complexity index is 1330. The molecule has 1 aromatic carbocycles. The number of alkyl halides is 2. The molecule has 0 unspecified atom stereocenters. The SMILES string of the molecule is Cc1ccc(NC(=O)C2(c3ccccc3C(C)C)CN(C(=O)Cc3c[nH][nH]c3=O)C2)c(OC(F)F)n1. The number of hydrogen-bond donors (Lipinski definition) is 3. The van der Waals surface area contributed by atoms with Gasteiger partial charge in [0, 0.05) is 30.5 Å². The van der Waals surface area contributed by atoms with Gasteiger partial charge in [0.1, 0.15) is 11.1 Å². The molecule has 0 aliphatic carbocycles. The standard InChI is InChI=1S/C25H27F2N5O4/c1-14(2)17-6-4-5-7-18(17)25(12-32(13-25)20(33)10-16-11-28-31-21(16)34)23(35)30-19-9-8-15(3)29-22(19)36-24(26)27/h4-9,11,14,24H,10,12-13H2,1-3H3,(H,30,35)(H2,28,31,34). The highest BCUT2D eigenvalue weighted by atomic mass is 19.3. The van der Waals surface area contributed by atoms with E-state index in [1.54, 1.807) is 13.0 Å². The number of aryl methyl sites for hydroxylation is 1. The third-order valence-corrected chi connectivity index (χ3v) is 6.32. The van der Waals surface area contributed by atoms with Gasteiger partial charge >= 0.3 is 6.61 Å². The number of ether oxygens (including phenoxy) is 1. The number of likely N-dealkylation sites (tertiary alicyclic amines) is 1. The van der Waals surface area contributed by atoms with Gasteiger partial charge in [-0.15, -0.1) is 0 Å². The van der Waals surface area contributed by atoms with Crippen molar-refractivity contribution in [3.63, 3.8) is 0 Å². The summed E-state index contributed by atoms with van der Waals surface area (Å²) in [5, 5.41) is 7.66. The molecule has 0 saturated carbocycles. The zero-order chi connectivity index (χ0) is 26.0. The van der Waals surface area contributed by atoms with Crippen LogP contribution in [-0.4, -0.2) is 51.6 Å². The van der Waals surface area contributed by atoms with Gasteiger partial charge in [-0.3, -0.25) is 19.5 Å². The number of H-pyrrole nitrogens is 2. The Labute approximate surface area is 205 Å². The Kier molecular flexibility index (Phi) is 6.91. The topological polar surface area (TPSA) is 120 Å². The molecule has 36 heavy (non-hydrogen) atoms. The largest absolute Gasteiger partial charge is 0.415 e. The maximum Gasteiger partial charge on any atom is 0.388 e. The number of pyridine rings is 1. The molecule has 1 aliphatic heterocycles. The molecule has 3 N–H and O–H groups in total. The zero-order valence-electron chi connectivity index (χ0n) is 20.1. The Balaban J connectivity index is 1.66. The predicted octanol–water partition coefficient (Wildman–Crippen LogP) is 3.09. The van der Waals surface area contributed by atoms with Crippen LogP contribution < -0.4 is 15.6 Å². The zero-order valence-corrected chi connectivity index (χ0v) is 20.1. The summed E-state index contributed by atoms with van der Waals surface area (Å²) in [5.41, 5.74) is 0.930. The first-order valence-electron chi connectivity index (χ1n) is 11.5. The van der Waals surface area contributed by atoms with Gasteiger partial charge in [0.05, 0.1) is 6.42 Å². The normalized spacial score (nSPS) is 14.6. The number of nitrogens with zero attached hydrogens (tertiary/aromatic N) is 2. The van der Waals surface area contributed by atoms with E-state index in [0.717, 1.165) is 11.1 Å². The molecule has 0 atom stereocenters. The van der Waals surface area contributed by atoms with Crippen LogP contribution in [0.4, 0.5) is 14.5 Å². The summed E-state index contributed by atoms with van der Waals surface area (Å²) >= 11 is 0. The molecule has 4 rings (SSSR count). The quantitative estimate of drug-likeness (QED) is 0.440. The Morgan fingerprint density at radius 3 is 2.56 bits per heavy atom. The first-order valence-corrected chi connectivity index (χ1v) is 11.5. The number of amides is 2. The van der Waals surface area contributed by atoms with Gasteiger partial charge in [-0.2, -0.15) is 8.78 Å². The van der Waals surface area contributed by atoms with Crippen LogP contribution in [0.25, 0.3) is 0 Å². The van der Waals surface area contributed by atoms with E-state index in [0.29, 0.717) is 11.3 Å². The van der Waals surface area contributed by atoms with E-state index in [-0.39, 0.29) is 48.5 Å². The predicted molar refractivity (Wildman–Crippen MR) is 128 cm³/mol. The molecule has 1 saturated heterocycles. The number of aromatic nitrogens is 3. The average molecular weight is 500 g/mol. The average Bonchev–Trinajstić information content (AvgIpc) is 3.19. The summed E-state index contributed by atoms with van der Waals surface area (Å²) in [4.78, 5) is 44.0. The minimum Gasteiger partial charge on any atom is -0.415 e. The molecule has 0 bridgehead atoms. The van der Waals surface area contributed by atoms with Crippen molar-refractivity contribution in [1.82, 2.24) is 20.1 Å². The molecule has 2 aromatic heterocycles. The summed E-state index contributed by atoms with van der Waals surface area (Å²) in [5.74, 6) is -1.06. The fraction of sp³-hybridized carbons (Fsp3) is 0.360. The van der Waals surface area contributed by atoms with Crippen LogP contribution in [0.2, 0.25) is 0 Å². The lowest BCUT2D eigenvalue weighted by Crippen LogP contribution is -2.67. The molecule has 3 heterocycles. The van der Waals surface area contributed by atoms with E-state index >= 15 is 0 Å². The molecule has 11 heteroatoms. The van der Waals surface area contributed by atoms with Crippen molar-refractivity contribution in [2.75, 3.05) is 18.4 Å². The van der Waals surface area contributed by atoms with Crippen molar-refractivity contribution < 1.29 is 23.1 Å². The second-order valence-corrected chi connectivity index (χ2v) is 9.16. The lowest BCUT2D eigenvalue weighted by Gasteiger charge is -2.50. The van der Waals surface area contributed by atoms with Crippen LogP contribution in [0.3, 0.4) is 0 Å². The van der Waals surface area contributed by atoms with Gasteiger partial charge in [0.15, 0.2) is 0 Å². The maximum absolute atomic E-state index is 13.8. The van der Waals surface area contributed by atoms with Gasteiger partial charge in [0.2, 0.25) is 17.7 Å². The number of rotatable bonds is 8. The summed E-state index contributed by atoms with van der Waals surface area (Å²) in [6, 6.07) is 10.5. The molecule has 0 radical (unpaired) electrons. The van der Waals surface area contributed by atoms with Crippen LogP contribution in [0.1, 0.15) is 42.1 Å². The van der Waals surface area contributed by atoms with Gasteiger partial charge < -0.3 is 20.1 Å².